The number of para-hydroxylation sites is 1. The Hall–Kier alpha value is -1.55. The molecule has 1 fully saturated rings. The van der Waals surface area contributed by atoms with Gasteiger partial charge in [0.1, 0.15) is 5.75 Å². The summed E-state index contributed by atoms with van der Waals surface area (Å²) in [5.74, 6) is -0.0806. The van der Waals surface area contributed by atoms with Crippen molar-refractivity contribution in [2.45, 2.75) is 25.2 Å². The van der Waals surface area contributed by atoms with Crippen molar-refractivity contribution in [1.82, 2.24) is 0 Å². The van der Waals surface area contributed by atoms with Gasteiger partial charge in [0.25, 0.3) is 0 Å². The van der Waals surface area contributed by atoms with Crippen molar-refractivity contribution in [2.24, 2.45) is 5.73 Å². The summed E-state index contributed by atoms with van der Waals surface area (Å²) in [6.07, 6.45) is 2.03. The molecule has 0 atom stereocenters. The Morgan fingerprint density at radius 2 is 2.25 bits per heavy atom. The Morgan fingerprint density at radius 3 is 2.75 bits per heavy atom. The number of rotatable bonds is 3. The molecule has 16 heavy (non-hydrogen) atoms. The molecule has 0 bridgehead atoms. The summed E-state index contributed by atoms with van der Waals surface area (Å²) in [4.78, 5) is 11.1. The molecule has 4 heteroatoms. The number of anilines is 1. The maximum absolute atomic E-state index is 11.1. The van der Waals surface area contributed by atoms with Crippen molar-refractivity contribution in [3.63, 3.8) is 0 Å². The first kappa shape index (κ1) is 11.0. The van der Waals surface area contributed by atoms with Gasteiger partial charge in [-0.25, -0.2) is 0 Å². The van der Waals surface area contributed by atoms with Crippen molar-refractivity contribution in [1.29, 1.82) is 0 Å². The second kappa shape index (κ2) is 3.79. The summed E-state index contributed by atoms with van der Waals surface area (Å²) in [5, 5.41) is 12.4. The van der Waals surface area contributed by atoms with Crippen LogP contribution in [-0.2, 0) is 10.2 Å². The van der Waals surface area contributed by atoms with Gasteiger partial charge in [-0.05, 0) is 24.5 Å². The fourth-order valence-corrected chi connectivity index (χ4v) is 2.02. The van der Waals surface area contributed by atoms with Crippen LogP contribution in [0.1, 0.15) is 25.3 Å². The van der Waals surface area contributed by atoms with Gasteiger partial charge in [0.15, 0.2) is 0 Å². The van der Waals surface area contributed by atoms with Gasteiger partial charge in [0.2, 0.25) is 5.91 Å². The highest BCUT2D eigenvalue weighted by atomic mass is 16.3. The molecule has 2 rings (SSSR count). The molecule has 0 unspecified atom stereocenters. The van der Waals surface area contributed by atoms with E-state index in [1.807, 2.05) is 6.07 Å². The Bertz CT molecular complexity index is 425. The van der Waals surface area contributed by atoms with Crippen LogP contribution < -0.4 is 11.1 Å². The average Bonchev–Trinajstić information content (AvgIpc) is 3.01. The number of hydrogen-bond donors (Lipinski definition) is 3. The lowest BCUT2D eigenvalue weighted by atomic mass is 9.94. The molecule has 0 heterocycles. The van der Waals surface area contributed by atoms with Crippen molar-refractivity contribution >= 4 is 11.6 Å². The second-order valence-corrected chi connectivity index (χ2v) is 4.37. The minimum atomic E-state index is -0.185. The first-order valence-corrected chi connectivity index (χ1v) is 5.39. The van der Waals surface area contributed by atoms with Gasteiger partial charge in [-0.1, -0.05) is 12.1 Å². The predicted octanol–water partition coefficient (Wildman–Crippen LogP) is 1.34. The third kappa shape index (κ3) is 1.76. The highest BCUT2D eigenvalue weighted by molar-refractivity contribution is 5.91. The van der Waals surface area contributed by atoms with Gasteiger partial charge < -0.3 is 16.2 Å². The molecule has 0 saturated heterocycles. The van der Waals surface area contributed by atoms with Crippen LogP contribution in [0.5, 0.6) is 5.75 Å². The lowest BCUT2D eigenvalue weighted by molar-refractivity contribution is -0.114. The Morgan fingerprint density at radius 1 is 1.56 bits per heavy atom. The van der Waals surface area contributed by atoms with Gasteiger partial charge in [-0.2, -0.15) is 0 Å². The molecule has 0 spiro atoms. The maximum Gasteiger partial charge on any atom is 0.221 e. The highest BCUT2D eigenvalue weighted by Crippen LogP contribution is 2.51. The van der Waals surface area contributed by atoms with E-state index in [1.54, 1.807) is 12.1 Å². The lowest BCUT2D eigenvalue weighted by Crippen LogP contribution is -2.22. The monoisotopic (exact) mass is 220 g/mol. The van der Waals surface area contributed by atoms with Crippen LogP contribution in [0.15, 0.2) is 18.2 Å². The van der Waals surface area contributed by atoms with E-state index in [4.69, 9.17) is 5.73 Å². The molecule has 4 nitrogen and oxygen atoms in total. The van der Waals surface area contributed by atoms with Gasteiger partial charge in [0.05, 0.1) is 5.69 Å². The summed E-state index contributed by atoms with van der Waals surface area (Å²) in [6, 6.07) is 5.28. The summed E-state index contributed by atoms with van der Waals surface area (Å²) in [7, 11) is 0. The summed E-state index contributed by atoms with van der Waals surface area (Å²) in [6.45, 7) is 1.97. The van der Waals surface area contributed by atoms with E-state index in [-0.39, 0.29) is 17.1 Å². The number of hydrogen-bond acceptors (Lipinski definition) is 3. The zero-order valence-electron chi connectivity index (χ0n) is 9.29. The second-order valence-electron chi connectivity index (χ2n) is 4.37. The van der Waals surface area contributed by atoms with Crippen LogP contribution in [0.3, 0.4) is 0 Å². The Labute approximate surface area is 94.5 Å². The molecule has 1 aliphatic carbocycles. The number of nitrogens with one attached hydrogen (secondary N) is 1. The first-order chi connectivity index (χ1) is 7.59. The van der Waals surface area contributed by atoms with Gasteiger partial charge in [-0.15, -0.1) is 0 Å². The number of carbonyl (C=O) groups excluding carboxylic acids is 1. The number of benzene rings is 1. The number of amides is 1. The van der Waals surface area contributed by atoms with Gasteiger partial charge in [0, 0.05) is 18.9 Å². The molecule has 4 N–H and O–H groups in total. The molecule has 1 aromatic rings. The van der Waals surface area contributed by atoms with E-state index >= 15 is 0 Å². The average molecular weight is 220 g/mol. The standard InChI is InChI=1S/C12H16N2O2/c1-8(15)14-11-9(3-2-4-10(11)16)12(7-13)5-6-12/h2-4,16H,5-7,13H2,1H3,(H,14,15). The van der Waals surface area contributed by atoms with E-state index in [2.05, 4.69) is 5.32 Å². The van der Waals surface area contributed by atoms with Crippen LogP contribution in [0.4, 0.5) is 5.69 Å². The van der Waals surface area contributed by atoms with Crippen molar-refractivity contribution < 1.29 is 9.90 Å². The zero-order valence-corrected chi connectivity index (χ0v) is 9.29. The number of aromatic hydroxyl groups is 1. The predicted molar refractivity (Wildman–Crippen MR) is 62.4 cm³/mol. The van der Waals surface area contributed by atoms with Crippen LogP contribution in [0, 0.1) is 0 Å². The highest BCUT2D eigenvalue weighted by Gasteiger charge is 2.44. The molecule has 1 saturated carbocycles. The van der Waals surface area contributed by atoms with Crippen molar-refractivity contribution in [3.8, 4) is 5.75 Å². The van der Waals surface area contributed by atoms with Crippen LogP contribution in [-0.4, -0.2) is 17.6 Å². The lowest BCUT2D eigenvalue weighted by Gasteiger charge is -2.18. The molecular weight excluding hydrogens is 204 g/mol. The molecule has 0 radical (unpaired) electrons. The molecular formula is C12H16N2O2. The van der Waals surface area contributed by atoms with Crippen molar-refractivity contribution in [3.05, 3.63) is 23.8 Å². The van der Waals surface area contributed by atoms with Crippen molar-refractivity contribution in [2.75, 3.05) is 11.9 Å². The van der Waals surface area contributed by atoms with E-state index < -0.39 is 0 Å². The van der Waals surface area contributed by atoms with E-state index in [9.17, 15) is 9.90 Å². The van der Waals surface area contributed by atoms with E-state index in [0.29, 0.717) is 12.2 Å². The number of phenolic OH excluding ortho intramolecular Hbond substituents is 1. The molecule has 1 aromatic carbocycles. The van der Waals surface area contributed by atoms with E-state index in [0.717, 1.165) is 18.4 Å². The first-order valence-electron chi connectivity index (χ1n) is 5.39. The summed E-state index contributed by atoms with van der Waals surface area (Å²) < 4.78 is 0. The fourth-order valence-electron chi connectivity index (χ4n) is 2.02. The van der Waals surface area contributed by atoms with Gasteiger partial charge in [-0.3, -0.25) is 4.79 Å². The number of carbonyl (C=O) groups is 1. The normalized spacial score (nSPS) is 16.9. The molecule has 0 aliphatic heterocycles. The zero-order chi connectivity index (χ0) is 11.8. The third-order valence-electron chi connectivity index (χ3n) is 3.16. The summed E-state index contributed by atoms with van der Waals surface area (Å²) >= 11 is 0. The Kier molecular flexibility index (Phi) is 2.59. The van der Waals surface area contributed by atoms with Gasteiger partial charge >= 0.3 is 0 Å². The largest absolute Gasteiger partial charge is 0.506 e. The quantitative estimate of drug-likeness (QED) is 0.673. The fraction of sp³-hybridized carbons (Fsp3) is 0.417. The molecule has 1 aliphatic rings. The SMILES string of the molecule is CC(=O)Nc1c(O)cccc1C1(CN)CC1. The number of phenols is 1. The van der Waals surface area contributed by atoms with Crippen LogP contribution >= 0.6 is 0 Å². The maximum atomic E-state index is 11.1. The number of nitrogens with two attached hydrogens (primary N) is 1. The minimum Gasteiger partial charge on any atom is -0.506 e. The molecule has 0 aromatic heterocycles. The molecule has 86 valence electrons. The summed E-state index contributed by atoms with van der Waals surface area (Å²) in [5.41, 5.74) is 7.17. The topological polar surface area (TPSA) is 75.3 Å². The molecule has 1 amide bonds. The smallest absolute Gasteiger partial charge is 0.221 e. The van der Waals surface area contributed by atoms with Crippen LogP contribution in [0.2, 0.25) is 0 Å². The van der Waals surface area contributed by atoms with Crippen LogP contribution in [0.25, 0.3) is 0 Å². The third-order valence-corrected chi connectivity index (χ3v) is 3.16. The Balaban J connectivity index is 2.44. The minimum absolute atomic E-state index is 0.0451. The van der Waals surface area contributed by atoms with E-state index in [1.165, 1.54) is 6.92 Å².